The molecule has 15 heavy (non-hydrogen) atoms. The first-order valence-corrected chi connectivity index (χ1v) is 4.18. The molecule has 0 fully saturated rings. The van der Waals surface area contributed by atoms with Gasteiger partial charge in [-0.05, 0) is 12.1 Å². The van der Waals surface area contributed by atoms with Gasteiger partial charge < -0.3 is 19.8 Å². The lowest BCUT2D eigenvalue weighted by Crippen LogP contribution is -2.41. The number of hydrogen-bond acceptors (Lipinski definition) is 4. The van der Waals surface area contributed by atoms with Crippen LogP contribution in [0, 0.1) is 5.82 Å². The Balaban J connectivity index is 3.23. The Labute approximate surface area is 88.9 Å². The summed E-state index contributed by atoms with van der Waals surface area (Å²) in [4.78, 5) is 20.9. The maximum absolute atomic E-state index is 13.2. The molecule has 0 spiro atoms. The van der Waals surface area contributed by atoms with Crippen LogP contribution in [-0.4, -0.2) is 11.9 Å². The van der Waals surface area contributed by atoms with E-state index in [0.29, 0.717) is 0 Å². The van der Waals surface area contributed by atoms with Crippen molar-refractivity contribution in [2.24, 2.45) is 0 Å². The molecule has 0 aromatic heterocycles. The normalized spacial score (nSPS) is 10.3. The second kappa shape index (κ2) is 4.27. The van der Waals surface area contributed by atoms with E-state index >= 15 is 0 Å². The maximum Gasteiger partial charge on any atom is 0.128 e. The van der Waals surface area contributed by atoms with Gasteiger partial charge in [0.1, 0.15) is 5.82 Å². The molecule has 0 saturated heterocycles. The molecule has 0 aliphatic rings. The number of benzene rings is 1. The number of carboxylic acid groups (broad SMARTS) is 2. The molecule has 0 radical (unpaired) electrons. The average Bonchev–Trinajstić information content (AvgIpc) is 2.08. The Hall–Kier alpha value is -1.62. The van der Waals surface area contributed by atoms with E-state index in [1.807, 2.05) is 0 Å². The van der Waals surface area contributed by atoms with Crippen LogP contribution in [0.5, 0.6) is 0 Å². The van der Waals surface area contributed by atoms with Gasteiger partial charge in [0.2, 0.25) is 0 Å². The molecule has 80 valence electrons. The van der Waals surface area contributed by atoms with E-state index in [2.05, 4.69) is 0 Å². The largest absolute Gasteiger partial charge is 0.549 e. The number of aliphatic carboxylic acids is 2. The summed E-state index contributed by atoms with van der Waals surface area (Å²) < 4.78 is 13.2. The SMILES string of the molecule is O=C([O-])C(C(=O)[O-])c1ccc(Cl)cc1F. The molecular weight excluding hydrogens is 227 g/mol. The quantitative estimate of drug-likeness (QED) is 0.628. The van der Waals surface area contributed by atoms with Crippen LogP contribution in [0.25, 0.3) is 0 Å². The zero-order valence-corrected chi connectivity index (χ0v) is 7.95. The van der Waals surface area contributed by atoms with Gasteiger partial charge in [-0.2, -0.15) is 0 Å². The van der Waals surface area contributed by atoms with Crippen LogP contribution < -0.4 is 10.2 Å². The molecule has 0 amide bonds. The van der Waals surface area contributed by atoms with E-state index in [-0.39, 0.29) is 5.02 Å². The lowest BCUT2D eigenvalue weighted by atomic mass is 9.99. The highest BCUT2D eigenvalue weighted by molar-refractivity contribution is 6.30. The Morgan fingerprint density at radius 2 is 1.80 bits per heavy atom. The number of carbonyl (C=O) groups is 2. The van der Waals surface area contributed by atoms with Crippen LogP contribution in [0.4, 0.5) is 4.39 Å². The zero-order chi connectivity index (χ0) is 11.6. The molecule has 0 N–H and O–H groups in total. The van der Waals surface area contributed by atoms with Gasteiger partial charge in [-0.1, -0.05) is 17.7 Å². The standard InChI is InChI=1S/C9H6ClFO4/c10-4-1-2-5(6(11)3-4)7(8(12)13)9(14)15/h1-3,7H,(H,12,13)(H,14,15)/p-2. The highest BCUT2D eigenvalue weighted by Gasteiger charge is 2.18. The van der Waals surface area contributed by atoms with Gasteiger partial charge in [0.15, 0.2) is 0 Å². The van der Waals surface area contributed by atoms with Crippen molar-refractivity contribution < 1.29 is 24.2 Å². The molecule has 0 unspecified atom stereocenters. The van der Waals surface area contributed by atoms with Crippen LogP contribution in [0.15, 0.2) is 18.2 Å². The number of carboxylic acids is 2. The van der Waals surface area contributed by atoms with Crippen LogP contribution in [0.1, 0.15) is 11.5 Å². The van der Waals surface area contributed by atoms with Crippen molar-refractivity contribution in [3.05, 3.63) is 34.6 Å². The minimum absolute atomic E-state index is 0.0340. The summed E-state index contributed by atoms with van der Waals surface area (Å²) in [7, 11) is 0. The second-order valence-corrected chi connectivity index (χ2v) is 3.17. The summed E-state index contributed by atoms with van der Waals surface area (Å²) in [5, 5.41) is 20.9. The molecule has 1 aromatic rings. The first kappa shape index (κ1) is 11.5. The van der Waals surface area contributed by atoms with E-state index < -0.39 is 29.2 Å². The molecule has 0 aliphatic carbocycles. The van der Waals surface area contributed by atoms with Crippen molar-refractivity contribution in [3.8, 4) is 0 Å². The molecule has 1 rings (SSSR count). The maximum atomic E-state index is 13.2. The van der Waals surface area contributed by atoms with E-state index in [9.17, 15) is 24.2 Å². The van der Waals surface area contributed by atoms with Crippen LogP contribution >= 0.6 is 11.6 Å². The molecule has 0 aliphatic heterocycles. The number of halogens is 2. The Morgan fingerprint density at radius 1 is 1.27 bits per heavy atom. The van der Waals surface area contributed by atoms with Gasteiger partial charge in [0.05, 0.1) is 17.9 Å². The number of hydrogen-bond donors (Lipinski definition) is 0. The van der Waals surface area contributed by atoms with Gasteiger partial charge >= 0.3 is 0 Å². The third-order valence-corrected chi connectivity index (χ3v) is 1.98. The fourth-order valence-corrected chi connectivity index (χ4v) is 1.24. The summed E-state index contributed by atoms with van der Waals surface area (Å²) in [5.41, 5.74) is -0.542. The van der Waals surface area contributed by atoms with Crippen molar-refractivity contribution in [2.45, 2.75) is 5.92 Å². The first-order valence-electron chi connectivity index (χ1n) is 3.80. The minimum Gasteiger partial charge on any atom is -0.549 e. The Morgan fingerprint density at radius 3 is 2.20 bits per heavy atom. The molecule has 0 heterocycles. The van der Waals surface area contributed by atoms with Crippen molar-refractivity contribution in [2.75, 3.05) is 0 Å². The monoisotopic (exact) mass is 230 g/mol. The highest BCUT2D eigenvalue weighted by atomic mass is 35.5. The number of rotatable bonds is 3. The van der Waals surface area contributed by atoms with Crippen LogP contribution in [0.3, 0.4) is 0 Å². The lowest BCUT2D eigenvalue weighted by molar-refractivity contribution is -0.326. The molecule has 4 nitrogen and oxygen atoms in total. The molecule has 1 aromatic carbocycles. The topological polar surface area (TPSA) is 80.3 Å². The summed E-state index contributed by atoms with van der Waals surface area (Å²) in [6, 6.07) is 2.96. The first-order chi connectivity index (χ1) is 6.93. The van der Waals surface area contributed by atoms with Gasteiger partial charge in [-0.3, -0.25) is 0 Å². The molecule has 0 bridgehead atoms. The van der Waals surface area contributed by atoms with Gasteiger partial charge in [0, 0.05) is 10.6 Å². The Kier molecular flexibility index (Phi) is 3.26. The average molecular weight is 231 g/mol. The summed E-state index contributed by atoms with van der Waals surface area (Å²) in [6.45, 7) is 0. The fraction of sp³-hybridized carbons (Fsp3) is 0.111. The molecule has 0 atom stereocenters. The summed E-state index contributed by atoms with van der Waals surface area (Å²) in [6.07, 6.45) is 0. The van der Waals surface area contributed by atoms with Crippen LogP contribution in [0.2, 0.25) is 5.02 Å². The van der Waals surface area contributed by atoms with Crippen molar-refractivity contribution >= 4 is 23.5 Å². The zero-order valence-electron chi connectivity index (χ0n) is 7.20. The smallest absolute Gasteiger partial charge is 0.128 e. The van der Waals surface area contributed by atoms with Gasteiger partial charge in [0.25, 0.3) is 0 Å². The molecular formula is C9H4ClFO4-2. The summed E-state index contributed by atoms with van der Waals surface area (Å²) >= 11 is 5.41. The summed E-state index contributed by atoms with van der Waals surface area (Å²) in [5.74, 6) is -7.03. The molecule has 0 saturated carbocycles. The third kappa shape index (κ3) is 2.44. The predicted octanol–water partition coefficient (Wildman–Crippen LogP) is -0.937. The van der Waals surface area contributed by atoms with E-state index in [4.69, 9.17) is 11.6 Å². The second-order valence-electron chi connectivity index (χ2n) is 2.74. The van der Waals surface area contributed by atoms with E-state index in [0.717, 1.165) is 12.1 Å². The van der Waals surface area contributed by atoms with E-state index in [1.165, 1.54) is 6.07 Å². The van der Waals surface area contributed by atoms with E-state index in [1.54, 1.807) is 0 Å². The van der Waals surface area contributed by atoms with Gasteiger partial charge in [-0.15, -0.1) is 0 Å². The predicted molar refractivity (Wildman–Crippen MR) is 44.2 cm³/mol. The third-order valence-electron chi connectivity index (χ3n) is 1.74. The van der Waals surface area contributed by atoms with Gasteiger partial charge in [-0.25, -0.2) is 4.39 Å². The molecule has 6 heteroatoms. The number of carbonyl (C=O) groups excluding carboxylic acids is 2. The van der Waals surface area contributed by atoms with Crippen LogP contribution in [-0.2, 0) is 9.59 Å². The Bertz CT molecular complexity index is 405. The minimum atomic E-state index is -2.14. The lowest BCUT2D eigenvalue weighted by Gasteiger charge is -2.19. The van der Waals surface area contributed by atoms with Crippen molar-refractivity contribution in [1.29, 1.82) is 0 Å². The van der Waals surface area contributed by atoms with Crippen molar-refractivity contribution in [1.82, 2.24) is 0 Å². The van der Waals surface area contributed by atoms with Crippen molar-refractivity contribution in [3.63, 3.8) is 0 Å². The highest BCUT2D eigenvalue weighted by Crippen LogP contribution is 2.21. The fourth-order valence-electron chi connectivity index (χ4n) is 1.09.